The van der Waals surface area contributed by atoms with Crippen molar-refractivity contribution in [3.8, 4) is 11.1 Å². The lowest BCUT2D eigenvalue weighted by Gasteiger charge is -2.10. The van der Waals surface area contributed by atoms with E-state index in [-0.39, 0.29) is 5.82 Å². The summed E-state index contributed by atoms with van der Waals surface area (Å²) in [5, 5.41) is 5.35. The number of hydrogen-bond donors (Lipinski definition) is 3. The molecular weight excluding hydrogens is 357 g/mol. The maximum atomic E-state index is 13.6. The molecule has 0 aliphatic carbocycles. The molecule has 0 aliphatic heterocycles. The van der Waals surface area contributed by atoms with Gasteiger partial charge >= 0.3 is 6.03 Å². The third-order valence-corrected chi connectivity index (χ3v) is 4.48. The van der Waals surface area contributed by atoms with Crippen LogP contribution in [0.3, 0.4) is 0 Å². The van der Waals surface area contributed by atoms with E-state index in [1.807, 2.05) is 34.9 Å². The highest BCUT2D eigenvalue weighted by atomic mass is 19.1. The van der Waals surface area contributed by atoms with E-state index in [1.54, 1.807) is 37.4 Å². The van der Waals surface area contributed by atoms with Crippen molar-refractivity contribution in [3.05, 3.63) is 78.4 Å². The number of amides is 2. The Morgan fingerprint density at radius 3 is 2.54 bits per heavy atom. The van der Waals surface area contributed by atoms with Crippen molar-refractivity contribution in [1.29, 1.82) is 0 Å². The van der Waals surface area contributed by atoms with Gasteiger partial charge in [-0.2, -0.15) is 0 Å². The molecule has 0 unspecified atom stereocenters. The molecule has 0 aliphatic rings. The molecule has 0 spiro atoms. The molecule has 0 atom stereocenters. The number of nitrogens with one attached hydrogen (secondary N) is 2. The van der Waals surface area contributed by atoms with Gasteiger partial charge in [-0.15, -0.1) is 0 Å². The molecule has 6 nitrogen and oxygen atoms in total. The highest BCUT2D eigenvalue weighted by Gasteiger charge is 2.08. The van der Waals surface area contributed by atoms with Gasteiger partial charge in [-0.25, -0.2) is 14.2 Å². The Labute approximate surface area is 160 Å². The molecule has 4 aromatic rings. The average molecular weight is 375 g/mol. The summed E-state index contributed by atoms with van der Waals surface area (Å²) in [4.78, 5) is 16.3. The second-order valence-electron chi connectivity index (χ2n) is 6.41. The third kappa shape index (κ3) is 3.37. The number of urea groups is 1. The fourth-order valence-corrected chi connectivity index (χ4v) is 2.98. The molecule has 0 fully saturated rings. The van der Waals surface area contributed by atoms with Crippen LogP contribution in [-0.4, -0.2) is 15.4 Å². The van der Waals surface area contributed by atoms with E-state index < -0.39 is 6.03 Å². The van der Waals surface area contributed by atoms with Gasteiger partial charge in [0.1, 0.15) is 5.82 Å². The first-order valence-electron chi connectivity index (χ1n) is 8.67. The van der Waals surface area contributed by atoms with Crippen molar-refractivity contribution in [1.82, 2.24) is 9.38 Å². The van der Waals surface area contributed by atoms with Crippen LogP contribution in [0.4, 0.5) is 26.5 Å². The molecule has 0 saturated carbocycles. The van der Waals surface area contributed by atoms with E-state index in [2.05, 4.69) is 15.6 Å². The number of imidazole rings is 1. The summed E-state index contributed by atoms with van der Waals surface area (Å²) >= 11 is 0. The number of fused-ring (bicyclic) bond motifs is 1. The molecule has 2 aromatic heterocycles. The number of halogens is 1. The van der Waals surface area contributed by atoms with Crippen LogP contribution in [0.5, 0.6) is 0 Å². The normalized spacial score (nSPS) is 10.8. The fourth-order valence-electron chi connectivity index (χ4n) is 2.98. The van der Waals surface area contributed by atoms with Crippen LogP contribution in [0.1, 0.15) is 5.56 Å². The van der Waals surface area contributed by atoms with Gasteiger partial charge in [0.05, 0.1) is 11.7 Å². The Hall–Kier alpha value is -3.87. The largest absolute Gasteiger partial charge is 0.369 e. The first-order chi connectivity index (χ1) is 13.5. The van der Waals surface area contributed by atoms with Crippen molar-refractivity contribution < 1.29 is 9.18 Å². The van der Waals surface area contributed by atoms with Crippen molar-refractivity contribution >= 4 is 28.9 Å². The van der Waals surface area contributed by atoms with E-state index in [0.717, 1.165) is 16.6 Å². The summed E-state index contributed by atoms with van der Waals surface area (Å²) in [5.74, 6) is 0.0659. The summed E-state index contributed by atoms with van der Waals surface area (Å²) in [6.45, 7) is 1.67. The van der Waals surface area contributed by atoms with Crippen molar-refractivity contribution in [2.45, 2.75) is 6.92 Å². The first-order valence-corrected chi connectivity index (χ1v) is 8.67. The molecule has 2 amide bonds. The number of rotatable bonds is 3. The van der Waals surface area contributed by atoms with E-state index in [9.17, 15) is 9.18 Å². The number of carbonyl (C=O) groups is 1. The predicted molar refractivity (Wildman–Crippen MR) is 109 cm³/mol. The van der Waals surface area contributed by atoms with Gasteiger partial charge in [0, 0.05) is 23.1 Å². The summed E-state index contributed by atoms with van der Waals surface area (Å²) in [6, 6.07) is 15.4. The number of carbonyl (C=O) groups excluding carboxylic acids is 1. The number of nitrogen functional groups attached to an aromatic ring is 1. The zero-order chi connectivity index (χ0) is 19.7. The Morgan fingerprint density at radius 2 is 1.79 bits per heavy atom. The molecule has 28 heavy (non-hydrogen) atoms. The van der Waals surface area contributed by atoms with Gasteiger partial charge in [0.15, 0.2) is 0 Å². The lowest BCUT2D eigenvalue weighted by Crippen LogP contribution is -2.19. The second-order valence-corrected chi connectivity index (χ2v) is 6.41. The fraction of sp³-hybridized carbons (Fsp3) is 0.0476. The minimum absolute atomic E-state index is 0.364. The molecule has 140 valence electrons. The van der Waals surface area contributed by atoms with Crippen LogP contribution in [0, 0.1) is 12.7 Å². The highest BCUT2D eigenvalue weighted by molar-refractivity contribution is 6.00. The van der Waals surface area contributed by atoms with Crippen molar-refractivity contribution in [2.75, 3.05) is 16.4 Å². The molecule has 2 aromatic carbocycles. The SMILES string of the molecule is Cc1ccc(NC(=O)Nc2ccc(-c3cccn4c(N)ncc34)cc2)cc1F. The smallest absolute Gasteiger partial charge is 0.323 e. The van der Waals surface area contributed by atoms with E-state index >= 15 is 0 Å². The van der Waals surface area contributed by atoms with Gasteiger partial charge in [-0.1, -0.05) is 24.3 Å². The Balaban J connectivity index is 1.50. The van der Waals surface area contributed by atoms with E-state index in [0.29, 0.717) is 22.9 Å². The first kappa shape index (κ1) is 17.5. The van der Waals surface area contributed by atoms with Crippen LogP contribution in [0.25, 0.3) is 16.6 Å². The van der Waals surface area contributed by atoms with Gasteiger partial charge in [0.2, 0.25) is 5.95 Å². The highest BCUT2D eigenvalue weighted by Crippen LogP contribution is 2.27. The van der Waals surface area contributed by atoms with E-state index in [1.165, 1.54) is 6.07 Å². The number of nitrogens with zero attached hydrogens (tertiary/aromatic N) is 2. The standard InChI is InChI=1S/C21H18FN5O/c1-13-4-7-16(11-18(13)22)26-21(28)25-15-8-5-14(6-9-15)17-3-2-10-27-19(17)12-24-20(27)23/h2-12H,1H3,(H2,23,24)(H2,25,26,28). The van der Waals surface area contributed by atoms with Crippen LogP contribution in [0.2, 0.25) is 0 Å². The Morgan fingerprint density at radius 1 is 1.07 bits per heavy atom. The molecule has 0 radical (unpaired) electrons. The summed E-state index contributed by atoms with van der Waals surface area (Å²) in [6.07, 6.45) is 3.58. The quantitative estimate of drug-likeness (QED) is 0.486. The Bertz CT molecular complexity index is 1170. The summed E-state index contributed by atoms with van der Waals surface area (Å²) in [5.41, 5.74) is 10.2. The molecule has 4 rings (SSSR count). The number of aromatic nitrogens is 2. The maximum absolute atomic E-state index is 13.6. The van der Waals surface area contributed by atoms with Crippen LogP contribution < -0.4 is 16.4 Å². The summed E-state index contributed by atoms with van der Waals surface area (Å²) in [7, 11) is 0. The number of hydrogen-bond acceptors (Lipinski definition) is 3. The topological polar surface area (TPSA) is 84.5 Å². The van der Waals surface area contributed by atoms with Gasteiger partial charge in [0.25, 0.3) is 0 Å². The molecule has 0 bridgehead atoms. The maximum Gasteiger partial charge on any atom is 0.323 e. The zero-order valence-electron chi connectivity index (χ0n) is 15.1. The minimum atomic E-state index is -0.443. The number of nitrogens with two attached hydrogens (primary N) is 1. The van der Waals surface area contributed by atoms with E-state index in [4.69, 9.17) is 5.73 Å². The monoisotopic (exact) mass is 375 g/mol. The van der Waals surface area contributed by atoms with Crippen molar-refractivity contribution in [2.24, 2.45) is 0 Å². The van der Waals surface area contributed by atoms with Gasteiger partial charge in [-0.05, 0) is 48.4 Å². The number of benzene rings is 2. The lowest BCUT2D eigenvalue weighted by molar-refractivity contribution is 0.262. The number of pyridine rings is 1. The average Bonchev–Trinajstić information content (AvgIpc) is 3.07. The number of anilines is 3. The van der Waals surface area contributed by atoms with Crippen LogP contribution in [-0.2, 0) is 0 Å². The minimum Gasteiger partial charge on any atom is -0.369 e. The lowest BCUT2D eigenvalue weighted by atomic mass is 10.1. The number of aryl methyl sites for hydroxylation is 1. The molecular formula is C21H18FN5O. The second kappa shape index (κ2) is 7.03. The molecule has 4 N–H and O–H groups in total. The van der Waals surface area contributed by atoms with Gasteiger partial charge < -0.3 is 16.4 Å². The zero-order valence-corrected chi connectivity index (χ0v) is 15.1. The van der Waals surface area contributed by atoms with Crippen molar-refractivity contribution in [3.63, 3.8) is 0 Å². The molecule has 0 saturated heterocycles. The predicted octanol–water partition coefficient (Wildman–Crippen LogP) is 4.68. The molecule has 2 heterocycles. The van der Waals surface area contributed by atoms with Crippen LogP contribution >= 0.6 is 0 Å². The van der Waals surface area contributed by atoms with Gasteiger partial charge in [-0.3, -0.25) is 4.40 Å². The Kier molecular flexibility index (Phi) is 4.41. The van der Waals surface area contributed by atoms with Crippen LogP contribution in [0.15, 0.2) is 67.0 Å². The third-order valence-electron chi connectivity index (χ3n) is 4.48. The summed E-state index contributed by atoms with van der Waals surface area (Å²) < 4.78 is 15.4. The molecule has 7 heteroatoms.